The van der Waals surface area contributed by atoms with E-state index < -0.39 is 0 Å². The van der Waals surface area contributed by atoms with Crippen molar-refractivity contribution < 1.29 is 9.31 Å². The van der Waals surface area contributed by atoms with E-state index in [1.165, 1.54) is 33.1 Å². The molecule has 1 aliphatic carbocycles. The number of allylic oxidation sites excluding steroid dienone is 4. The average molecular weight is 448 g/mol. The Hall–Kier alpha value is -3.15. The monoisotopic (exact) mass is 448 g/mol. The summed E-state index contributed by atoms with van der Waals surface area (Å²) in [5.74, 6) is 0. The van der Waals surface area contributed by atoms with E-state index in [2.05, 4.69) is 105 Å². The van der Waals surface area contributed by atoms with Crippen molar-refractivity contribution in [2.75, 3.05) is 0 Å². The van der Waals surface area contributed by atoms with Gasteiger partial charge in [0.25, 0.3) is 0 Å². The molecule has 170 valence electrons. The molecule has 0 radical (unpaired) electrons. The number of nitrogens with zero attached hydrogens (tertiary/aromatic N) is 2. The van der Waals surface area contributed by atoms with Gasteiger partial charge in [0, 0.05) is 28.1 Å². The van der Waals surface area contributed by atoms with E-state index in [1.54, 1.807) is 0 Å². The molecule has 1 fully saturated rings. The molecule has 0 bridgehead atoms. The Labute approximate surface area is 201 Å². The predicted molar refractivity (Wildman–Crippen MR) is 141 cm³/mol. The van der Waals surface area contributed by atoms with Crippen molar-refractivity contribution in [2.24, 2.45) is 0 Å². The first-order chi connectivity index (χ1) is 16.3. The number of para-hydroxylation sites is 2. The number of aromatic nitrogens is 2. The molecule has 0 N–H and O–H groups in total. The molecule has 0 atom stereocenters. The largest absolute Gasteiger partial charge is 0.496 e. The van der Waals surface area contributed by atoms with Crippen molar-refractivity contribution in [3.63, 3.8) is 0 Å². The third-order valence-electron chi connectivity index (χ3n) is 7.64. The van der Waals surface area contributed by atoms with Crippen molar-refractivity contribution in [1.82, 2.24) is 9.55 Å². The third kappa shape index (κ3) is 3.34. The minimum Gasteiger partial charge on any atom is -0.399 e. The number of rotatable bonds is 3. The van der Waals surface area contributed by atoms with Gasteiger partial charge in [0.1, 0.15) is 0 Å². The summed E-state index contributed by atoms with van der Waals surface area (Å²) < 4.78 is 14.8. The second kappa shape index (κ2) is 7.69. The summed E-state index contributed by atoms with van der Waals surface area (Å²) in [5.41, 5.74) is 6.36. The second-order valence-corrected chi connectivity index (χ2v) is 10.3. The van der Waals surface area contributed by atoms with Crippen molar-refractivity contribution in [3.8, 4) is 0 Å². The highest BCUT2D eigenvalue weighted by molar-refractivity contribution is 6.62. The minimum absolute atomic E-state index is 0.351. The smallest absolute Gasteiger partial charge is 0.399 e. The summed E-state index contributed by atoms with van der Waals surface area (Å²) in [5, 5.41) is 2.60. The van der Waals surface area contributed by atoms with Gasteiger partial charge in [0.05, 0.1) is 27.9 Å². The van der Waals surface area contributed by atoms with Crippen molar-refractivity contribution in [2.45, 2.75) is 51.7 Å². The summed E-state index contributed by atoms with van der Waals surface area (Å²) >= 11 is 0. The first-order valence-electron chi connectivity index (χ1n) is 12.0. The molecule has 0 saturated carbocycles. The zero-order chi connectivity index (χ0) is 23.5. The fourth-order valence-corrected chi connectivity index (χ4v) is 4.97. The molecule has 34 heavy (non-hydrogen) atoms. The van der Waals surface area contributed by atoms with Gasteiger partial charge in [-0.05, 0) is 70.4 Å². The highest BCUT2D eigenvalue weighted by Crippen LogP contribution is 2.37. The lowest BCUT2D eigenvalue weighted by atomic mass is 9.80. The maximum atomic E-state index is 6.17. The summed E-state index contributed by atoms with van der Waals surface area (Å²) in [4.78, 5) is 4.77. The zero-order valence-electron chi connectivity index (χ0n) is 20.2. The molecule has 6 rings (SSSR count). The fourth-order valence-electron chi connectivity index (χ4n) is 4.97. The molecule has 2 aromatic heterocycles. The Morgan fingerprint density at radius 1 is 0.765 bits per heavy atom. The number of hydrogen-bond donors (Lipinski definition) is 0. The molecular formula is C29H29BN2O2. The van der Waals surface area contributed by atoms with Gasteiger partial charge in [0.2, 0.25) is 0 Å². The van der Waals surface area contributed by atoms with Crippen molar-refractivity contribution in [3.05, 3.63) is 84.7 Å². The van der Waals surface area contributed by atoms with Gasteiger partial charge in [-0.2, -0.15) is 0 Å². The molecule has 0 unspecified atom stereocenters. The molecule has 2 aliphatic rings. The normalized spacial score (nSPS) is 19.5. The second-order valence-electron chi connectivity index (χ2n) is 10.3. The molecule has 5 heteroatoms. The highest BCUT2D eigenvalue weighted by atomic mass is 16.7. The summed E-state index contributed by atoms with van der Waals surface area (Å²) in [6.07, 6.45) is 8.29. The molecule has 4 nitrogen and oxygen atoms in total. The number of pyridine rings is 1. The van der Waals surface area contributed by atoms with Crippen LogP contribution in [0.3, 0.4) is 0 Å². The zero-order valence-corrected chi connectivity index (χ0v) is 20.2. The Morgan fingerprint density at radius 2 is 1.38 bits per heavy atom. The van der Waals surface area contributed by atoms with Gasteiger partial charge in [-0.25, -0.2) is 0 Å². The van der Waals surface area contributed by atoms with Crippen LogP contribution in [0.25, 0.3) is 33.1 Å². The van der Waals surface area contributed by atoms with Crippen LogP contribution in [-0.4, -0.2) is 27.9 Å². The predicted octanol–water partition coefficient (Wildman–Crippen LogP) is 6.21. The summed E-state index contributed by atoms with van der Waals surface area (Å²) in [6, 6.07) is 21.5. The Kier molecular flexibility index (Phi) is 4.84. The van der Waals surface area contributed by atoms with E-state index in [9.17, 15) is 0 Å². The van der Waals surface area contributed by atoms with Gasteiger partial charge in [-0.1, -0.05) is 48.5 Å². The van der Waals surface area contributed by atoms with Crippen LogP contribution < -0.4 is 5.46 Å². The van der Waals surface area contributed by atoms with Gasteiger partial charge < -0.3 is 13.9 Å². The highest BCUT2D eigenvalue weighted by Gasteiger charge is 2.51. The van der Waals surface area contributed by atoms with E-state index in [0.29, 0.717) is 0 Å². The summed E-state index contributed by atoms with van der Waals surface area (Å²) in [6.45, 7) is 8.29. The van der Waals surface area contributed by atoms with Crippen molar-refractivity contribution >= 4 is 45.7 Å². The molecule has 1 aliphatic heterocycles. The van der Waals surface area contributed by atoms with Crippen molar-refractivity contribution in [1.29, 1.82) is 0 Å². The number of hydrogen-bond acceptors (Lipinski definition) is 3. The van der Waals surface area contributed by atoms with Crippen LogP contribution in [0.5, 0.6) is 0 Å². The lowest BCUT2D eigenvalue weighted by molar-refractivity contribution is 0.00578. The third-order valence-corrected chi connectivity index (χ3v) is 7.64. The lowest BCUT2D eigenvalue weighted by Gasteiger charge is -2.32. The standard InChI is InChI=1S/C29H29BN2O2/c1-28(2)29(3,4)34-30(33-28)21-15-18-25(31-19-21)20-13-16-22(17-14-20)32-26-11-7-5-9-23(26)24-10-6-8-12-27(24)32/h5-13,15-16,18-19H,14,17H2,1-4H3. The van der Waals surface area contributed by atoms with E-state index in [-0.39, 0.29) is 18.3 Å². The molecule has 3 heterocycles. The molecule has 4 aromatic rings. The van der Waals surface area contributed by atoms with Gasteiger partial charge in [0.15, 0.2) is 0 Å². The molecule has 1 saturated heterocycles. The lowest BCUT2D eigenvalue weighted by Crippen LogP contribution is -2.41. The fraction of sp³-hybridized carbons (Fsp3) is 0.276. The van der Waals surface area contributed by atoms with Crippen LogP contribution in [0.4, 0.5) is 0 Å². The van der Waals surface area contributed by atoms with Crippen LogP contribution >= 0.6 is 0 Å². The molecule has 0 amide bonds. The quantitative estimate of drug-likeness (QED) is 0.350. The van der Waals surface area contributed by atoms with Crippen LogP contribution in [0, 0.1) is 0 Å². The molecule has 0 spiro atoms. The SMILES string of the molecule is CC1(C)OB(c2ccc(C3=CC=C(n4c5ccccc5c5ccccc54)CC3)nc2)OC1(C)C. The first-order valence-corrected chi connectivity index (χ1v) is 12.0. The van der Waals surface area contributed by atoms with Gasteiger partial charge >= 0.3 is 7.12 Å². The Balaban J connectivity index is 1.30. The topological polar surface area (TPSA) is 36.3 Å². The van der Waals surface area contributed by atoms with E-state index in [0.717, 1.165) is 24.0 Å². The maximum Gasteiger partial charge on any atom is 0.496 e. The first kappa shape index (κ1) is 21.4. The molecular weight excluding hydrogens is 419 g/mol. The minimum atomic E-state index is -0.381. The van der Waals surface area contributed by atoms with E-state index in [4.69, 9.17) is 14.3 Å². The van der Waals surface area contributed by atoms with Gasteiger partial charge in [-0.3, -0.25) is 4.98 Å². The van der Waals surface area contributed by atoms with Crippen LogP contribution in [0.1, 0.15) is 46.2 Å². The van der Waals surface area contributed by atoms with Crippen LogP contribution in [-0.2, 0) is 9.31 Å². The summed E-state index contributed by atoms with van der Waals surface area (Å²) in [7, 11) is -0.381. The Bertz CT molecular complexity index is 1390. The molecule has 2 aromatic carbocycles. The van der Waals surface area contributed by atoms with Crippen LogP contribution in [0.15, 0.2) is 79.0 Å². The average Bonchev–Trinajstić information content (AvgIpc) is 3.29. The van der Waals surface area contributed by atoms with Crippen LogP contribution in [0.2, 0.25) is 0 Å². The number of benzene rings is 2. The van der Waals surface area contributed by atoms with Gasteiger partial charge in [-0.15, -0.1) is 0 Å². The van der Waals surface area contributed by atoms with E-state index in [1.807, 2.05) is 6.20 Å². The Morgan fingerprint density at radius 3 is 1.91 bits per heavy atom. The maximum absolute atomic E-state index is 6.17. The van der Waals surface area contributed by atoms with E-state index >= 15 is 0 Å². The number of fused-ring (bicyclic) bond motifs is 3.